The highest BCUT2D eigenvalue weighted by Gasteiger charge is 2.25. The van der Waals surface area contributed by atoms with E-state index < -0.39 is 6.04 Å². The minimum Gasteiger partial charge on any atom is -0.394 e. The van der Waals surface area contributed by atoms with Crippen molar-refractivity contribution in [1.29, 1.82) is 0 Å². The van der Waals surface area contributed by atoms with Gasteiger partial charge in [-0.05, 0) is 42.5 Å². The van der Waals surface area contributed by atoms with Crippen LogP contribution in [-0.2, 0) is 17.7 Å². The molecule has 0 bridgehead atoms. The summed E-state index contributed by atoms with van der Waals surface area (Å²) in [5.41, 5.74) is 2.57. The van der Waals surface area contributed by atoms with Crippen LogP contribution in [0.2, 0.25) is 10.0 Å². The van der Waals surface area contributed by atoms with Gasteiger partial charge in [-0.2, -0.15) is 0 Å². The van der Waals surface area contributed by atoms with Crippen LogP contribution >= 0.6 is 23.2 Å². The van der Waals surface area contributed by atoms with Crippen molar-refractivity contribution in [2.75, 3.05) is 31.7 Å². The van der Waals surface area contributed by atoms with Gasteiger partial charge in [-0.15, -0.1) is 0 Å². The zero-order valence-electron chi connectivity index (χ0n) is 17.0. The molecule has 0 radical (unpaired) electrons. The zero-order chi connectivity index (χ0) is 21.8. The summed E-state index contributed by atoms with van der Waals surface area (Å²) in [5.74, 6) is 0.581. The highest BCUT2D eigenvalue weighted by molar-refractivity contribution is 6.42. The van der Waals surface area contributed by atoms with Gasteiger partial charge < -0.3 is 25.4 Å². The molecule has 1 aromatic carbocycles. The summed E-state index contributed by atoms with van der Waals surface area (Å²) in [6.07, 6.45) is 4.36. The van der Waals surface area contributed by atoms with Crippen molar-refractivity contribution in [3.8, 4) is 0 Å². The zero-order valence-corrected chi connectivity index (χ0v) is 18.5. The highest BCUT2D eigenvalue weighted by Crippen LogP contribution is 2.26. The molecule has 3 heterocycles. The molecular weight excluding hydrogens is 441 g/mol. The molecule has 166 valence electrons. The number of aliphatic hydroxyl groups excluding tert-OH is 1. The Labute approximate surface area is 190 Å². The molecule has 2 amide bonds. The number of carbonyl (C=O) groups is 1. The molecule has 0 saturated carbocycles. The van der Waals surface area contributed by atoms with E-state index in [0.717, 1.165) is 37.3 Å². The van der Waals surface area contributed by atoms with Crippen molar-refractivity contribution in [1.82, 2.24) is 20.2 Å². The Bertz CT molecular complexity index is 939. The number of carbonyl (C=O) groups excluding carboxylic acids is 1. The normalized spacial score (nSPS) is 17.7. The second-order valence-electron chi connectivity index (χ2n) is 7.73. The molecule has 0 aliphatic carbocycles. The van der Waals surface area contributed by atoms with Crippen LogP contribution in [0.1, 0.15) is 35.7 Å². The summed E-state index contributed by atoms with van der Waals surface area (Å²) in [7, 11) is 0. The summed E-state index contributed by atoms with van der Waals surface area (Å²) < 4.78 is 5.39. The van der Waals surface area contributed by atoms with Gasteiger partial charge in [-0.25, -0.2) is 14.8 Å². The van der Waals surface area contributed by atoms with Crippen LogP contribution < -0.4 is 10.6 Å². The van der Waals surface area contributed by atoms with Crippen LogP contribution in [0.4, 0.5) is 10.7 Å². The summed E-state index contributed by atoms with van der Waals surface area (Å²) in [5, 5.41) is 16.8. The van der Waals surface area contributed by atoms with Gasteiger partial charge in [0.25, 0.3) is 0 Å². The van der Waals surface area contributed by atoms with Gasteiger partial charge in [0, 0.05) is 32.0 Å². The van der Waals surface area contributed by atoms with Crippen molar-refractivity contribution in [3.63, 3.8) is 0 Å². The fourth-order valence-corrected chi connectivity index (χ4v) is 4.08. The van der Waals surface area contributed by atoms with E-state index in [0.29, 0.717) is 47.1 Å². The summed E-state index contributed by atoms with van der Waals surface area (Å²) in [4.78, 5) is 23.7. The Hall–Kier alpha value is -2.13. The number of hydrogen-bond acceptors (Lipinski definition) is 6. The van der Waals surface area contributed by atoms with E-state index >= 15 is 0 Å². The van der Waals surface area contributed by atoms with Crippen LogP contribution in [0.25, 0.3) is 0 Å². The topological polar surface area (TPSA) is 99.6 Å². The molecule has 0 spiro atoms. The van der Waals surface area contributed by atoms with Gasteiger partial charge in [0.15, 0.2) is 0 Å². The SMILES string of the molecule is O=C(N[C@H](CO)c1ccc(Cl)c(Cl)c1)N1CCc2cnc(NC3CCOCC3)nc2C1. The smallest absolute Gasteiger partial charge is 0.318 e. The van der Waals surface area contributed by atoms with E-state index in [4.69, 9.17) is 27.9 Å². The van der Waals surface area contributed by atoms with E-state index in [1.165, 1.54) is 0 Å². The monoisotopic (exact) mass is 465 g/mol. The van der Waals surface area contributed by atoms with Gasteiger partial charge >= 0.3 is 6.03 Å². The van der Waals surface area contributed by atoms with Gasteiger partial charge in [0.05, 0.1) is 34.9 Å². The fourth-order valence-electron chi connectivity index (χ4n) is 3.77. The number of nitrogens with zero attached hydrogens (tertiary/aromatic N) is 3. The standard InChI is InChI=1S/C21H25Cl2N5O3/c22-16-2-1-13(9-17(16)23)19(12-29)27-21(30)28-6-3-14-10-24-20(26-18(14)11-28)25-15-4-7-31-8-5-15/h1-2,9-10,15,19,29H,3-8,11-12H2,(H,27,30)(H,24,25,26)/t19-/m1/s1. The largest absolute Gasteiger partial charge is 0.394 e. The lowest BCUT2D eigenvalue weighted by Crippen LogP contribution is -2.45. The lowest BCUT2D eigenvalue weighted by molar-refractivity contribution is 0.0903. The summed E-state index contributed by atoms with van der Waals surface area (Å²) in [6, 6.07) is 4.48. The average molecular weight is 466 g/mol. The van der Waals surface area contributed by atoms with Crippen molar-refractivity contribution < 1.29 is 14.6 Å². The van der Waals surface area contributed by atoms with E-state index in [9.17, 15) is 9.90 Å². The molecular formula is C21H25Cl2N5O3. The molecule has 2 aromatic rings. The van der Waals surface area contributed by atoms with Gasteiger partial charge in [-0.1, -0.05) is 29.3 Å². The number of halogens is 2. The Morgan fingerprint density at radius 2 is 2.10 bits per heavy atom. The van der Waals surface area contributed by atoms with E-state index in [-0.39, 0.29) is 12.6 Å². The number of aliphatic hydroxyl groups is 1. The second kappa shape index (κ2) is 9.99. The highest BCUT2D eigenvalue weighted by atomic mass is 35.5. The molecule has 1 saturated heterocycles. The molecule has 2 aliphatic heterocycles. The van der Waals surface area contributed by atoms with E-state index in [1.54, 1.807) is 23.1 Å². The first-order chi connectivity index (χ1) is 15.0. The van der Waals surface area contributed by atoms with E-state index in [1.807, 2.05) is 6.20 Å². The van der Waals surface area contributed by atoms with Crippen molar-refractivity contribution in [2.24, 2.45) is 0 Å². The third-order valence-electron chi connectivity index (χ3n) is 5.61. The first-order valence-electron chi connectivity index (χ1n) is 10.3. The van der Waals surface area contributed by atoms with Crippen LogP contribution in [0.5, 0.6) is 0 Å². The molecule has 2 aliphatic rings. The van der Waals surface area contributed by atoms with Crippen LogP contribution in [0.3, 0.4) is 0 Å². The molecule has 8 nitrogen and oxygen atoms in total. The van der Waals surface area contributed by atoms with Crippen molar-refractivity contribution in [3.05, 3.63) is 51.3 Å². The van der Waals surface area contributed by atoms with Crippen LogP contribution in [0.15, 0.2) is 24.4 Å². The van der Waals surface area contributed by atoms with Crippen LogP contribution in [-0.4, -0.2) is 58.4 Å². The molecule has 1 atom stereocenters. The number of ether oxygens (including phenoxy) is 1. The molecule has 10 heteroatoms. The minimum atomic E-state index is -0.584. The molecule has 4 rings (SSSR count). The molecule has 1 aromatic heterocycles. The number of urea groups is 1. The average Bonchev–Trinajstić information content (AvgIpc) is 2.79. The molecule has 0 unspecified atom stereocenters. The number of rotatable bonds is 5. The third-order valence-corrected chi connectivity index (χ3v) is 6.35. The van der Waals surface area contributed by atoms with Gasteiger partial charge in [-0.3, -0.25) is 0 Å². The lowest BCUT2D eigenvalue weighted by Gasteiger charge is -2.30. The first kappa shape index (κ1) is 22.1. The Kier molecular flexibility index (Phi) is 7.12. The summed E-state index contributed by atoms with van der Waals surface area (Å²) >= 11 is 12.0. The van der Waals surface area contributed by atoms with Gasteiger partial charge in [0.2, 0.25) is 5.95 Å². The molecule has 3 N–H and O–H groups in total. The van der Waals surface area contributed by atoms with Crippen LogP contribution in [0, 0.1) is 0 Å². The minimum absolute atomic E-state index is 0.254. The third kappa shape index (κ3) is 5.38. The Balaban J connectivity index is 1.41. The lowest BCUT2D eigenvalue weighted by atomic mass is 10.1. The maximum atomic E-state index is 12.9. The van der Waals surface area contributed by atoms with Crippen molar-refractivity contribution in [2.45, 2.75) is 37.9 Å². The number of hydrogen-bond donors (Lipinski definition) is 3. The Morgan fingerprint density at radius 3 is 2.84 bits per heavy atom. The van der Waals surface area contributed by atoms with Crippen molar-refractivity contribution >= 4 is 35.2 Å². The second-order valence-corrected chi connectivity index (χ2v) is 8.54. The van der Waals surface area contributed by atoms with E-state index in [2.05, 4.69) is 20.6 Å². The number of aromatic nitrogens is 2. The maximum Gasteiger partial charge on any atom is 0.318 e. The first-order valence-corrected chi connectivity index (χ1v) is 11.1. The number of nitrogens with one attached hydrogen (secondary N) is 2. The summed E-state index contributed by atoms with van der Waals surface area (Å²) in [6.45, 7) is 2.15. The number of fused-ring (bicyclic) bond motifs is 1. The number of anilines is 1. The fraction of sp³-hybridized carbons (Fsp3) is 0.476. The Morgan fingerprint density at radius 1 is 1.29 bits per heavy atom. The predicted octanol–water partition coefficient (Wildman–Crippen LogP) is 3.18. The quantitative estimate of drug-likeness (QED) is 0.626. The predicted molar refractivity (Wildman–Crippen MR) is 118 cm³/mol. The number of benzene rings is 1. The molecule has 31 heavy (non-hydrogen) atoms. The maximum absolute atomic E-state index is 12.9. The molecule has 1 fully saturated rings. The van der Waals surface area contributed by atoms with Gasteiger partial charge in [0.1, 0.15) is 0 Å². The number of amides is 2.